The van der Waals surface area contributed by atoms with Gasteiger partial charge in [0.2, 0.25) is 0 Å². The number of rotatable bonds is 10. The van der Waals surface area contributed by atoms with E-state index in [1.165, 1.54) is 12.1 Å². The highest BCUT2D eigenvalue weighted by atomic mass is 32.2. The molecule has 3 N–H and O–H groups in total. The highest BCUT2D eigenvalue weighted by molar-refractivity contribution is 8.15. The minimum atomic E-state index is -1.11. The number of carbonyl (C=O) groups excluding carboxylic acids is 1. The summed E-state index contributed by atoms with van der Waals surface area (Å²) < 4.78 is 33.8. The lowest BCUT2D eigenvalue weighted by molar-refractivity contribution is -0.403. The van der Waals surface area contributed by atoms with Crippen molar-refractivity contribution in [1.29, 1.82) is 0 Å². The monoisotopic (exact) mass is 505 g/mol. The molecule has 1 aliphatic rings. The smallest absolute Gasteiger partial charge is 0.273 e. The molecule has 3 rings (SSSR count). The van der Waals surface area contributed by atoms with Gasteiger partial charge in [-0.05, 0) is 43.5 Å². The van der Waals surface area contributed by atoms with E-state index >= 15 is 0 Å². The summed E-state index contributed by atoms with van der Waals surface area (Å²) in [6.07, 6.45) is 0.526. The van der Waals surface area contributed by atoms with Crippen molar-refractivity contribution in [2.75, 3.05) is 13.7 Å². The Morgan fingerprint density at radius 3 is 2.71 bits per heavy atom. The van der Waals surface area contributed by atoms with Gasteiger partial charge in [-0.15, -0.1) is 0 Å². The molecule has 0 saturated carbocycles. The summed E-state index contributed by atoms with van der Waals surface area (Å²) in [5, 5.41) is 19.2. The molecule has 0 radical (unpaired) electrons. The number of methoxy groups -OCH3 is 1. The first-order valence-corrected chi connectivity index (χ1v) is 11.5. The molecule has 186 valence electrons. The maximum atomic E-state index is 14.7. The quantitative estimate of drug-likeness (QED) is 0.288. The Bertz CT molecular complexity index is 1150. The molecule has 2 aromatic rings. The third kappa shape index (κ3) is 5.95. The van der Waals surface area contributed by atoms with Gasteiger partial charge in [-0.25, -0.2) is 13.8 Å². The Balaban J connectivity index is 2.01. The van der Waals surface area contributed by atoms with Crippen molar-refractivity contribution in [1.82, 2.24) is 10.3 Å². The lowest BCUT2D eigenvalue weighted by atomic mass is 9.99. The van der Waals surface area contributed by atoms with Crippen LogP contribution in [-0.4, -0.2) is 40.6 Å². The summed E-state index contributed by atoms with van der Waals surface area (Å²) in [5.41, 5.74) is 6.25. The molecule has 0 bridgehead atoms. The molecule has 1 unspecified atom stereocenters. The second kappa shape index (κ2) is 11.3. The first-order valence-electron chi connectivity index (χ1n) is 10.7. The number of amides is 1. The average Bonchev–Trinajstić information content (AvgIpc) is 3.23. The minimum Gasteiger partial charge on any atom is -0.380 e. The average molecular weight is 506 g/mol. The van der Waals surface area contributed by atoms with Gasteiger partial charge in [0.25, 0.3) is 12.1 Å². The largest absolute Gasteiger partial charge is 0.380 e. The number of hydrogen-bond donors (Lipinski definition) is 2. The van der Waals surface area contributed by atoms with Crippen LogP contribution in [-0.2, 0) is 14.4 Å². The van der Waals surface area contributed by atoms with Gasteiger partial charge in [0.05, 0.1) is 4.92 Å². The molecular weight excluding hydrogens is 480 g/mol. The highest BCUT2D eigenvalue weighted by Crippen LogP contribution is 2.50. The summed E-state index contributed by atoms with van der Waals surface area (Å²) in [6, 6.07) is 12.1. The van der Waals surface area contributed by atoms with Gasteiger partial charge in [-0.2, -0.15) is 5.10 Å². The number of benzene rings is 2. The Hall–Kier alpha value is -3.51. The fraction of sp³-hybridized carbons (Fsp3) is 0.304. The molecule has 0 fully saturated rings. The summed E-state index contributed by atoms with van der Waals surface area (Å²) in [4.78, 5) is 22.2. The fourth-order valence-electron chi connectivity index (χ4n) is 3.57. The third-order valence-corrected chi connectivity index (χ3v) is 6.80. The van der Waals surface area contributed by atoms with E-state index in [0.29, 0.717) is 24.6 Å². The van der Waals surface area contributed by atoms with Gasteiger partial charge in [-0.3, -0.25) is 14.9 Å². The highest BCUT2D eigenvalue weighted by Gasteiger charge is 2.49. The Labute approximate surface area is 205 Å². The van der Waals surface area contributed by atoms with Gasteiger partial charge in [0.15, 0.2) is 5.82 Å². The van der Waals surface area contributed by atoms with E-state index in [1.54, 1.807) is 19.1 Å². The van der Waals surface area contributed by atoms with E-state index in [1.807, 2.05) is 18.2 Å². The first kappa shape index (κ1) is 26.1. The topological polar surface area (TPSA) is 123 Å². The third-order valence-electron chi connectivity index (χ3n) is 5.36. The van der Waals surface area contributed by atoms with E-state index in [0.717, 1.165) is 30.0 Å². The molecule has 35 heavy (non-hydrogen) atoms. The number of nitrogens with two attached hydrogens (primary N) is 1. The Morgan fingerprint density at radius 1 is 1.34 bits per heavy atom. The van der Waals surface area contributed by atoms with E-state index in [2.05, 4.69) is 10.4 Å². The van der Waals surface area contributed by atoms with Crippen LogP contribution in [0, 0.1) is 21.7 Å². The van der Waals surface area contributed by atoms with Crippen LogP contribution in [0.25, 0.3) is 0 Å². The number of nitro groups is 1. The van der Waals surface area contributed by atoms with Crippen LogP contribution >= 0.6 is 11.8 Å². The zero-order valence-corrected chi connectivity index (χ0v) is 19.9. The summed E-state index contributed by atoms with van der Waals surface area (Å²) >= 11 is 1.13. The van der Waals surface area contributed by atoms with Crippen LogP contribution < -0.4 is 11.1 Å². The number of nitrogens with zero attached hydrogens (tertiary/aromatic N) is 3. The normalized spacial score (nSPS) is 18.8. The lowest BCUT2D eigenvalue weighted by Crippen LogP contribution is -2.46. The molecule has 0 aromatic heterocycles. The van der Waals surface area contributed by atoms with Crippen LogP contribution in [0.5, 0.6) is 0 Å². The van der Waals surface area contributed by atoms with Crippen LogP contribution in [0.15, 0.2) is 65.7 Å². The number of nitrogens with one attached hydrogen (secondary N) is 1. The Morgan fingerprint density at radius 2 is 2.06 bits per heavy atom. The summed E-state index contributed by atoms with van der Waals surface area (Å²) in [7, 11) is 1.39. The predicted molar refractivity (Wildman–Crippen MR) is 128 cm³/mol. The standard InChI is InChI=1S/C23H25F2N5O4S/c1-15(34-2)22(31)30-23(16-7-4-3-5-8-16,11-6-12-27-20(26)14-29(32)33)35-21(28-30)18-13-17(24)9-10-19(18)25/h3-5,7-10,13-15,27H,6,11-12,26H2,1-2H3/b20-14+/t15-,23?/m0/s1. The molecule has 0 spiro atoms. The molecule has 0 aliphatic carbocycles. The SMILES string of the molecule is CO[C@@H](C)C(=O)N1N=C(c2cc(F)ccc2F)SC1(CCCN/C(N)=C/[N+](=O)[O-])c1ccccc1. The van der Waals surface area contributed by atoms with Crippen LogP contribution in [0.4, 0.5) is 8.78 Å². The molecule has 12 heteroatoms. The summed E-state index contributed by atoms with van der Waals surface area (Å²) in [5.74, 6) is -1.88. The van der Waals surface area contributed by atoms with E-state index in [-0.39, 0.29) is 23.0 Å². The van der Waals surface area contributed by atoms with Crippen molar-refractivity contribution >= 4 is 22.7 Å². The van der Waals surface area contributed by atoms with Crippen LogP contribution in [0.2, 0.25) is 0 Å². The van der Waals surface area contributed by atoms with Crippen molar-refractivity contribution in [3.8, 4) is 0 Å². The molecule has 1 amide bonds. The minimum absolute atomic E-state index is 0.0630. The second-order valence-corrected chi connectivity index (χ2v) is 8.98. The van der Waals surface area contributed by atoms with Gasteiger partial charge in [0, 0.05) is 19.2 Å². The van der Waals surface area contributed by atoms with Crippen LogP contribution in [0.1, 0.15) is 30.9 Å². The number of hydrazone groups is 1. The van der Waals surface area contributed by atoms with Crippen LogP contribution in [0.3, 0.4) is 0 Å². The second-order valence-electron chi connectivity index (χ2n) is 7.71. The molecule has 2 aromatic carbocycles. The number of ether oxygens (including phenoxy) is 1. The maximum Gasteiger partial charge on any atom is 0.273 e. The Kier molecular flexibility index (Phi) is 8.41. The number of hydrogen-bond acceptors (Lipinski definition) is 8. The van der Waals surface area contributed by atoms with Crippen molar-refractivity contribution in [3.63, 3.8) is 0 Å². The van der Waals surface area contributed by atoms with Gasteiger partial charge in [0.1, 0.15) is 27.7 Å². The zero-order chi connectivity index (χ0) is 25.6. The van der Waals surface area contributed by atoms with E-state index < -0.39 is 33.4 Å². The van der Waals surface area contributed by atoms with Gasteiger partial charge < -0.3 is 15.8 Å². The number of carbonyl (C=O) groups is 1. The van der Waals surface area contributed by atoms with E-state index in [4.69, 9.17) is 10.5 Å². The van der Waals surface area contributed by atoms with Gasteiger partial charge in [-0.1, -0.05) is 42.1 Å². The first-order chi connectivity index (χ1) is 16.7. The lowest BCUT2D eigenvalue weighted by Gasteiger charge is -2.37. The molecule has 9 nitrogen and oxygen atoms in total. The van der Waals surface area contributed by atoms with Crippen molar-refractivity contribution in [2.24, 2.45) is 10.8 Å². The van der Waals surface area contributed by atoms with E-state index in [9.17, 15) is 23.7 Å². The molecular formula is C23H25F2N5O4S. The molecule has 1 heterocycles. The molecule has 1 aliphatic heterocycles. The zero-order valence-electron chi connectivity index (χ0n) is 19.1. The van der Waals surface area contributed by atoms with Crippen molar-refractivity contribution < 1.29 is 23.2 Å². The maximum absolute atomic E-state index is 14.7. The van der Waals surface area contributed by atoms with Gasteiger partial charge >= 0.3 is 0 Å². The number of halogens is 2. The molecule has 0 saturated heterocycles. The van der Waals surface area contributed by atoms with Crippen molar-refractivity contribution in [2.45, 2.75) is 30.7 Å². The predicted octanol–water partition coefficient (Wildman–Crippen LogP) is 3.49. The molecule has 2 atom stereocenters. The van der Waals surface area contributed by atoms with Crippen molar-refractivity contribution in [3.05, 3.63) is 93.4 Å². The fourth-order valence-corrected chi connectivity index (χ4v) is 4.99. The number of thioether (sulfide) groups is 1. The summed E-state index contributed by atoms with van der Waals surface area (Å²) in [6.45, 7) is 1.83.